The smallest absolute Gasteiger partial charge is 0.337 e. The lowest BCUT2D eigenvalue weighted by Crippen LogP contribution is -2.12. The second kappa shape index (κ2) is 4.97. The van der Waals surface area contributed by atoms with Crippen LogP contribution in [0.15, 0.2) is 18.2 Å². The van der Waals surface area contributed by atoms with Gasteiger partial charge in [-0.2, -0.15) is 0 Å². The topological polar surface area (TPSA) is 77.2 Å². The number of carbonyl (C=O) groups is 1. The molecule has 1 unspecified atom stereocenters. The van der Waals surface area contributed by atoms with Crippen LogP contribution in [0.5, 0.6) is 0 Å². The Labute approximate surface area is 110 Å². The predicted molar refractivity (Wildman–Crippen MR) is 68.1 cm³/mol. The number of benzene rings is 1. The van der Waals surface area contributed by atoms with Crippen molar-refractivity contribution in [3.63, 3.8) is 0 Å². The van der Waals surface area contributed by atoms with Crippen molar-refractivity contribution in [1.29, 1.82) is 0 Å². The number of para-hydroxylation sites is 1. The highest BCUT2D eigenvalue weighted by atomic mass is 16.5. The quantitative estimate of drug-likeness (QED) is 0.906. The van der Waals surface area contributed by atoms with Gasteiger partial charge >= 0.3 is 5.97 Å². The molecule has 0 saturated carbocycles. The zero-order chi connectivity index (χ0) is 13.2. The first kappa shape index (κ1) is 12.1. The zero-order valence-electron chi connectivity index (χ0n) is 10.5. The van der Waals surface area contributed by atoms with Gasteiger partial charge in [0.15, 0.2) is 0 Å². The van der Waals surface area contributed by atoms with E-state index in [0.717, 1.165) is 25.9 Å². The first-order valence-corrected chi connectivity index (χ1v) is 6.43. The van der Waals surface area contributed by atoms with Crippen LogP contribution in [0, 0.1) is 0 Å². The van der Waals surface area contributed by atoms with Crippen molar-refractivity contribution in [3.8, 4) is 0 Å². The molecule has 1 aliphatic rings. The van der Waals surface area contributed by atoms with Crippen molar-refractivity contribution in [2.75, 3.05) is 6.61 Å². The minimum absolute atomic E-state index is 0.245. The minimum atomic E-state index is -0.953. The van der Waals surface area contributed by atoms with E-state index < -0.39 is 5.97 Å². The molecular formula is C13H15N3O3. The van der Waals surface area contributed by atoms with Gasteiger partial charge in [0, 0.05) is 13.2 Å². The molecule has 19 heavy (non-hydrogen) atoms. The highest BCUT2D eigenvalue weighted by Crippen LogP contribution is 2.20. The highest BCUT2D eigenvalue weighted by molar-refractivity contribution is 6.00. The van der Waals surface area contributed by atoms with Crippen molar-refractivity contribution < 1.29 is 14.6 Å². The number of nitrogens with zero attached hydrogens (tertiary/aromatic N) is 3. The molecule has 1 aromatic heterocycles. The van der Waals surface area contributed by atoms with Crippen molar-refractivity contribution in [2.45, 2.75) is 31.9 Å². The fourth-order valence-electron chi connectivity index (χ4n) is 2.50. The molecule has 1 atom stereocenters. The van der Waals surface area contributed by atoms with Crippen LogP contribution in [-0.4, -0.2) is 38.8 Å². The maximum atomic E-state index is 11.2. The molecule has 0 bridgehead atoms. The van der Waals surface area contributed by atoms with Crippen LogP contribution in [0.4, 0.5) is 0 Å². The summed E-state index contributed by atoms with van der Waals surface area (Å²) >= 11 is 0. The van der Waals surface area contributed by atoms with Crippen molar-refractivity contribution in [1.82, 2.24) is 15.0 Å². The van der Waals surface area contributed by atoms with Crippen molar-refractivity contribution in [3.05, 3.63) is 23.8 Å². The number of carboxylic acids is 1. The van der Waals surface area contributed by atoms with E-state index in [2.05, 4.69) is 10.3 Å². The van der Waals surface area contributed by atoms with E-state index in [1.54, 1.807) is 22.9 Å². The van der Waals surface area contributed by atoms with Gasteiger partial charge in [0.1, 0.15) is 11.0 Å². The molecule has 2 heterocycles. The number of aryl methyl sites for hydroxylation is 1. The van der Waals surface area contributed by atoms with Crippen LogP contribution >= 0.6 is 0 Å². The third kappa shape index (κ3) is 2.31. The first-order chi connectivity index (χ1) is 9.25. The normalized spacial score (nSPS) is 19.1. The van der Waals surface area contributed by atoms with Crippen LogP contribution in [0.25, 0.3) is 11.0 Å². The van der Waals surface area contributed by atoms with E-state index in [-0.39, 0.29) is 11.7 Å². The third-order valence-electron chi connectivity index (χ3n) is 3.45. The van der Waals surface area contributed by atoms with Crippen LogP contribution in [0.3, 0.4) is 0 Å². The minimum Gasteiger partial charge on any atom is -0.478 e. The van der Waals surface area contributed by atoms with E-state index in [0.29, 0.717) is 17.6 Å². The molecule has 1 aliphatic heterocycles. The summed E-state index contributed by atoms with van der Waals surface area (Å²) in [6, 6.07) is 5.04. The van der Waals surface area contributed by atoms with Gasteiger partial charge in [-0.05, 0) is 31.4 Å². The van der Waals surface area contributed by atoms with Gasteiger partial charge in [0.2, 0.25) is 0 Å². The summed E-state index contributed by atoms with van der Waals surface area (Å²) in [5.74, 6) is -0.953. The Morgan fingerprint density at radius 3 is 3.16 bits per heavy atom. The van der Waals surface area contributed by atoms with Crippen molar-refractivity contribution >= 4 is 17.0 Å². The number of fused-ring (bicyclic) bond motifs is 1. The number of aromatic nitrogens is 3. The molecule has 0 radical (unpaired) electrons. The number of aromatic carboxylic acids is 1. The summed E-state index contributed by atoms with van der Waals surface area (Å²) in [7, 11) is 0. The highest BCUT2D eigenvalue weighted by Gasteiger charge is 2.18. The molecule has 0 spiro atoms. The van der Waals surface area contributed by atoms with Gasteiger partial charge in [0.25, 0.3) is 0 Å². The van der Waals surface area contributed by atoms with Crippen LogP contribution < -0.4 is 0 Å². The molecular weight excluding hydrogens is 246 g/mol. The largest absolute Gasteiger partial charge is 0.478 e. The van der Waals surface area contributed by atoms with Gasteiger partial charge in [-0.3, -0.25) is 0 Å². The van der Waals surface area contributed by atoms with E-state index >= 15 is 0 Å². The summed E-state index contributed by atoms with van der Waals surface area (Å²) in [5, 5.41) is 17.3. The van der Waals surface area contributed by atoms with Gasteiger partial charge < -0.3 is 9.84 Å². The molecule has 1 saturated heterocycles. The fourth-order valence-corrected chi connectivity index (χ4v) is 2.50. The molecule has 100 valence electrons. The lowest BCUT2D eigenvalue weighted by molar-refractivity contribution is 0.0698. The van der Waals surface area contributed by atoms with Gasteiger partial charge in [-0.1, -0.05) is 11.3 Å². The van der Waals surface area contributed by atoms with Crippen molar-refractivity contribution in [2.24, 2.45) is 0 Å². The lowest BCUT2D eigenvalue weighted by Gasteiger charge is -2.09. The zero-order valence-corrected chi connectivity index (χ0v) is 10.5. The molecule has 3 rings (SSSR count). The van der Waals surface area contributed by atoms with Crippen LogP contribution in [0.1, 0.15) is 29.6 Å². The standard InChI is InChI=1S/C13H15N3O3/c17-13(18)10-4-1-5-11-12(10)16(15-14-11)7-6-9-3-2-8-19-9/h1,4-5,9H,2-3,6-8H2,(H,17,18). The molecule has 6 heteroatoms. The molecule has 6 nitrogen and oxygen atoms in total. The second-order valence-electron chi connectivity index (χ2n) is 4.71. The number of hydrogen-bond acceptors (Lipinski definition) is 4. The Balaban J connectivity index is 1.88. The number of carboxylic acid groups (broad SMARTS) is 1. The monoisotopic (exact) mass is 261 g/mol. The Morgan fingerprint density at radius 2 is 2.42 bits per heavy atom. The van der Waals surface area contributed by atoms with Gasteiger partial charge in [-0.15, -0.1) is 5.10 Å². The lowest BCUT2D eigenvalue weighted by atomic mass is 10.1. The molecule has 0 amide bonds. The number of ether oxygens (including phenoxy) is 1. The maximum Gasteiger partial charge on any atom is 0.337 e. The van der Waals surface area contributed by atoms with E-state index in [1.807, 2.05) is 0 Å². The third-order valence-corrected chi connectivity index (χ3v) is 3.45. The maximum absolute atomic E-state index is 11.2. The summed E-state index contributed by atoms with van der Waals surface area (Å²) in [5.41, 5.74) is 1.45. The number of rotatable bonds is 4. The van der Waals surface area contributed by atoms with Crippen LogP contribution in [0.2, 0.25) is 0 Å². The average molecular weight is 261 g/mol. The fraction of sp³-hybridized carbons (Fsp3) is 0.462. The Kier molecular flexibility index (Phi) is 3.16. The van der Waals surface area contributed by atoms with E-state index in [9.17, 15) is 9.90 Å². The molecule has 1 fully saturated rings. The predicted octanol–water partition coefficient (Wildman–Crippen LogP) is 1.70. The molecule has 0 aliphatic carbocycles. The average Bonchev–Trinajstić information content (AvgIpc) is 3.05. The SMILES string of the molecule is O=C(O)c1cccc2nnn(CCC3CCCO3)c12. The number of hydrogen-bond donors (Lipinski definition) is 1. The molecule has 1 aromatic carbocycles. The summed E-state index contributed by atoms with van der Waals surface area (Å²) in [6.45, 7) is 1.45. The van der Waals surface area contributed by atoms with Gasteiger partial charge in [0.05, 0.1) is 11.7 Å². The Hall–Kier alpha value is -1.95. The Morgan fingerprint density at radius 1 is 1.53 bits per heavy atom. The summed E-state index contributed by atoms with van der Waals surface area (Å²) < 4.78 is 7.23. The first-order valence-electron chi connectivity index (χ1n) is 6.43. The summed E-state index contributed by atoms with van der Waals surface area (Å²) in [6.07, 6.45) is 3.27. The van der Waals surface area contributed by atoms with Gasteiger partial charge in [-0.25, -0.2) is 9.48 Å². The second-order valence-corrected chi connectivity index (χ2v) is 4.71. The van der Waals surface area contributed by atoms with Crippen LogP contribution in [-0.2, 0) is 11.3 Å². The van der Waals surface area contributed by atoms with E-state index in [4.69, 9.17) is 4.74 Å². The van der Waals surface area contributed by atoms with E-state index in [1.165, 1.54) is 0 Å². The Bertz CT molecular complexity index is 602. The molecule has 2 aromatic rings. The summed E-state index contributed by atoms with van der Waals surface area (Å²) in [4.78, 5) is 11.2. The molecule has 1 N–H and O–H groups in total.